The number of aromatic hydroxyl groups is 1. The van der Waals surface area contributed by atoms with Gasteiger partial charge in [0.15, 0.2) is 5.41 Å². The Balaban J connectivity index is 3.77. The average Bonchev–Trinajstić information content (AvgIpc) is 2.42. The number of phenolic OH excluding ortho intramolecular Hbond substituents is 1. The van der Waals surface area contributed by atoms with E-state index in [1.54, 1.807) is 19.1 Å². The molecule has 1 rings (SSSR count). The Kier molecular flexibility index (Phi) is 5.34. The van der Waals surface area contributed by atoms with E-state index in [4.69, 9.17) is 0 Å². The fourth-order valence-corrected chi connectivity index (χ4v) is 2.85. The highest BCUT2D eigenvalue weighted by molar-refractivity contribution is 5.99. The smallest absolute Gasteiger partial charge is 0.321 e. The van der Waals surface area contributed by atoms with Crippen LogP contribution >= 0.6 is 0 Å². The summed E-state index contributed by atoms with van der Waals surface area (Å²) in [7, 11) is 0. The van der Waals surface area contributed by atoms with E-state index >= 15 is 0 Å². The van der Waals surface area contributed by atoms with Crippen LogP contribution in [0.5, 0.6) is 5.75 Å². The molecule has 3 N–H and O–H groups in total. The summed E-state index contributed by atoms with van der Waals surface area (Å²) in [5, 5.41) is 29.8. The SMILES string of the molecule is CC(c1cc(C(C)(C)C)c(O)c(C(C)(C)C)c1)C(C)(C(=O)O)C(=O)O. The number of aliphatic carboxylic acids is 2. The predicted octanol–water partition coefficient (Wildman–Crippen LogP) is 4.27. The van der Waals surface area contributed by atoms with Gasteiger partial charge in [0.2, 0.25) is 0 Å². The molecule has 1 aromatic rings. The van der Waals surface area contributed by atoms with Crippen molar-refractivity contribution < 1.29 is 24.9 Å². The molecule has 1 atom stereocenters. The van der Waals surface area contributed by atoms with Gasteiger partial charge in [-0.3, -0.25) is 9.59 Å². The molecule has 0 radical (unpaired) electrons. The van der Waals surface area contributed by atoms with Crippen molar-refractivity contribution in [2.45, 2.75) is 72.1 Å². The van der Waals surface area contributed by atoms with Gasteiger partial charge in [-0.05, 0) is 34.4 Å². The first kappa shape index (κ1) is 21.0. The lowest BCUT2D eigenvalue weighted by atomic mass is 9.71. The summed E-state index contributed by atoms with van der Waals surface area (Å²) in [6, 6.07) is 3.47. The van der Waals surface area contributed by atoms with Crippen LogP contribution in [0.15, 0.2) is 12.1 Å². The van der Waals surface area contributed by atoms with Crippen LogP contribution < -0.4 is 0 Å². The minimum atomic E-state index is -1.96. The Morgan fingerprint density at radius 1 is 0.840 bits per heavy atom. The van der Waals surface area contributed by atoms with Gasteiger partial charge >= 0.3 is 11.9 Å². The topological polar surface area (TPSA) is 94.8 Å². The fraction of sp³-hybridized carbons (Fsp3) is 0.600. The maximum absolute atomic E-state index is 11.7. The van der Waals surface area contributed by atoms with E-state index < -0.39 is 23.3 Å². The van der Waals surface area contributed by atoms with E-state index in [0.717, 1.165) is 0 Å². The second-order valence-electron chi connectivity index (χ2n) is 9.00. The van der Waals surface area contributed by atoms with Crippen LogP contribution in [0.2, 0.25) is 0 Å². The highest BCUT2D eigenvalue weighted by atomic mass is 16.4. The molecule has 0 aliphatic carbocycles. The largest absolute Gasteiger partial charge is 0.507 e. The van der Waals surface area contributed by atoms with Crippen molar-refractivity contribution in [1.82, 2.24) is 0 Å². The Morgan fingerprint density at radius 2 is 1.16 bits per heavy atom. The zero-order chi connectivity index (χ0) is 20.0. The minimum absolute atomic E-state index is 0.184. The normalized spacial score (nSPS) is 14.2. The Bertz CT molecular complexity index is 640. The molecule has 0 aromatic heterocycles. The number of carboxylic acids is 2. The third kappa shape index (κ3) is 3.80. The van der Waals surface area contributed by atoms with Gasteiger partial charge in [-0.15, -0.1) is 0 Å². The molecule has 0 fully saturated rings. The number of phenols is 1. The lowest BCUT2D eigenvalue weighted by Crippen LogP contribution is -2.41. The first-order chi connectivity index (χ1) is 11.0. The number of carboxylic acid groups (broad SMARTS) is 2. The van der Waals surface area contributed by atoms with Crippen molar-refractivity contribution in [3.8, 4) is 5.75 Å². The minimum Gasteiger partial charge on any atom is -0.507 e. The van der Waals surface area contributed by atoms with Gasteiger partial charge in [0.1, 0.15) is 5.75 Å². The zero-order valence-electron chi connectivity index (χ0n) is 16.4. The molecule has 1 unspecified atom stereocenters. The number of hydrogen-bond acceptors (Lipinski definition) is 3. The molecule has 5 nitrogen and oxygen atoms in total. The maximum Gasteiger partial charge on any atom is 0.321 e. The zero-order valence-corrected chi connectivity index (χ0v) is 16.4. The lowest BCUT2D eigenvalue weighted by molar-refractivity contribution is -0.164. The van der Waals surface area contributed by atoms with Gasteiger partial charge in [-0.1, -0.05) is 60.6 Å². The van der Waals surface area contributed by atoms with Crippen molar-refractivity contribution in [2.75, 3.05) is 0 Å². The molecule has 0 saturated carbocycles. The van der Waals surface area contributed by atoms with Crippen LogP contribution in [0.25, 0.3) is 0 Å². The van der Waals surface area contributed by atoms with Crippen LogP contribution in [0.4, 0.5) is 0 Å². The van der Waals surface area contributed by atoms with Gasteiger partial charge in [0, 0.05) is 5.92 Å². The molecule has 25 heavy (non-hydrogen) atoms. The second-order valence-corrected chi connectivity index (χ2v) is 9.00. The Morgan fingerprint density at radius 3 is 1.40 bits per heavy atom. The van der Waals surface area contributed by atoms with Crippen LogP contribution in [0.1, 0.15) is 78.0 Å². The highest BCUT2D eigenvalue weighted by Crippen LogP contribution is 2.44. The van der Waals surface area contributed by atoms with Crippen LogP contribution in [-0.4, -0.2) is 27.3 Å². The number of rotatable bonds is 4. The van der Waals surface area contributed by atoms with Crippen molar-refractivity contribution in [3.63, 3.8) is 0 Å². The molecule has 0 spiro atoms. The summed E-state index contributed by atoms with van der Waals surface area (Å²) in [4.78, 5) is 23.4. The van der Waals surface area contributed by atoms with Crippen molar-refractivity contribution in [3.05, 3.63) is 28.8 Å². The van der Waals surface area contributed by atoms with E-state index in [0.29, 0.717) is 16.7 Å². The van der Waals surface area contributed by atoms with E-state index in [9.17, 15) is 24.9 Å². The van der Waals surface area contributed by atoms with Crippen LogP contribution in [-0.2, 0) is 20.4 Å². The second kappa shape index (κ2) is 6.36. The Hall–Kier alpha value is -2.04. The van der Waals surface area contributed by atoms with Crippen LogP contribution in [0.3, 0.4) is 0 Å². The number of hydrogen-bond donors (Lipinski definition) is 3. The fourth-order valence-electron chi connectivity index (χ4n) is 2.85. The van der Waals surface area contributed by atoms with Crippen molar-refractivity contribution in [1.29, 1.82) is 0 Å². The van der Waals surface area contributed by atoms with Gasteiger partial charge in [-0.25, -0.2) is 0 Å². The number of carbonyl (C=O) groups is 2. The standard InChI is InChI=1S/C20H30O5/c1-11(20(8,16(22)23)17(24)25)12-9-13(18(2,3)4)15(21)14(10-12)19(5,6)7/h9-11,21H,1-8H3,(H,22,23)(H,24,25). The first-order valence-corrected chi connectivity index (χ1v) is 8.39. The summed E-state index contributed by atoms with van der Waals surface area (Å²) >= 11 is 0. The first-order valence-electron chi connectivity index (χ1n) is 8.39. The molecular formula is C20H30O5. The highest BCUT2D eigenvalue weighted by Gasteiger charge is 2.47. The maximum atomic E-state index is 11.7. The van der Waals surface area contributed by atoms with Crippen molar-refractivity contribution in [2.24, 2.45) is 5.41 Å². The summed E-state index contributed by atoms with van der Waals surface area (Å²) in [6.45, 7) is 14.6. The predicted molar refractivity (Wildman–Crippen MR) is 97.3 cm³/mol. The molecule has 0 aliphatic rings. The molecule has 1 aromatic carbocycles. The van der Waals surface area contributed by atoms with Crippen molar-refractivity contribution >= 4 is 11.9 Å². The summed E-state index contributed by atoms with van der Waals surface area (Å²) in [6.07, 6.45) is 0. The van der Waals surface area contributed by atoms with E-state index in [2.05, 4.69) is 0 Å². The van der Waals surface area contributed by atoms with E-state index in [-0.39, 0.29) is 16.6 Å². The molecule has 0 aliphatic heterocycles. The summed E-state index contributed by atoms with van der Waals surface area (Å²) < 4.78 is 0. The summed E-state index contributed by atoms with van der Waals surface area (Å²) in [5.74, 6) is -3.35. The monoisotopic (exact) mass is 350 g/mol. The Labute approximate surface area is 149 Å². The summed E-state index contributed by atoms with van der Waals surface area (Å²) in [5.41, 5.74) is -0.744. The molecule has 0 heterocycles. The van der Waals surface area contributed by atoms with Gasteiger partial charge in [0.25, 0.3) is 0 Å². The molecule has 0 bridgehead atoms. The number of benzene rings is 1. The van der Waals surface area contributed by atoms with Gasteiger partial charge in [-0.2, -0.15) is 0 Å². The third-order valence-electron chi connectivity index (χ3n) is 5.00. The quantitative estimate of drug-likeness (QED) is 0.705. The van der Waals surface area contributed by atoms with Crippen LogP contribution in [0, 0.1) is 5.41 Å². The van der Waals surface area contributed by atoms with E-state index in [1.165, 1.54) is 6.92 Å². The molecule has 140 valence electrons. The van der Waals surface area contributed by atoms with E-state index in [1.807, 2.05) is 41.5 Å². The molecule has 0 amide bonds. The molecule has 0 saturated heterocycles. The van der Waals surface area contributed by atoms with Gasteiger partial charge in [0.05, 0.1) is 0 Å². The molecular weight excluding hydrogens is 320 g/mol. The lowest BCUT2D eigenvalue weighted by Gasteiger charge is -2.32. The van der Waals surface area contributed by atoms with Gasteiger partial charge < -0.3 is 15.3 Å². The third-order valence-corrected chi connectivity index (χ3v) is 5.00. The molecule has 5 heteroatoms. The average molecular weight is 350 g/mol.